The van der Waals surface area contributed by atoms with E-state index in [2.05, 4.69) is 11.7 Å². The van der Waals surface area contributed by atoms with E-state index in [9.17, 15) is 29.7 Å². The number of ether oxygens (including phenoxy) is 1. The first kappa shape index (κ1) is 23.6. The predicted octanol–water partition coefficient (Wildman–Crippen LogP) is 4.27. The Kier molecular flexibility index (Phi) is 9.05. The number of aliphatic hydroxyl groups excluding tert-OH is 1. The second-order valence-electron chi connectivity index (χ2n) is 7.53. The summed E-state index contributed by atoms with van der Waals surface area (Å²) < 4.78 is 4.61. The predicted molar refractivity (Wildman–Crippen MR) is 111 cm³/mol. The van der Waals surface area contributed by atoms with E-state index in [0.29, 0.717) is 0 Å². The highest BCUT2D eigenvalue weighted by atomic mass is 16.6. The number of phenolic OH excluding ortho intramolecular Hbond substituents is 2. The van der Waals surface area contributed by atoms with Crippen molar-refractivity contribution in [3.8, 4) is 11.5 Å². The van der Waals surface area contributed by atoms with Crippen LogP contribution in [0.25, 0.3) is 0 Å². The van der Waals surface area contributed by atoms with Crippen molar-refractivity contribution in [2.45, 2.75) is 77.4 Å². The second kappa shape index (κ2) is 11.5. The van der Waals surface area contributed by atoms with Gasteiger partial charge in [-0.15, -0.1) is 0 Å². The lowest BCUT2D eigenvalue weighted by atomic mass is 9.93. The number of hydrogen-bond acceptors (Lipinski definition) is 7. The number of rotatable bonds is 13. The second-order valence-corrected chi connectivity index (χ2v) is 7.53. The van der Waals surface area contributed by atoms with Crippen molar-refractivity contribution in [1.82, 2.24) is 0 Å². The molecule has 0 aromatic heterocycles. The highest BCUT2D eigenvalue weighted by Crippen LogP contribution is 2.44. The first-order valence-corrected chi connectivity index (χ1v) is 10.6. The number of esters is 1. The van der Waals surface area contributed by atoms with Gasteiger partial charge in [0.1, 0.15) is 17.1 Å². The lowest BCUT2D eigenvalue weighted by Gasteiger charge is -2.13. The highest BCUT2D eigenvalue weighted by Gasteiger charge is 2.38. The number of aromatic hydroxyl groups is 2. The van der Waals surface area contributed by atoms with Gasteiger partial charge in [0.05, 0.1) is 11.1 Å². The number of unbranched alkanes of at least 4 members (excludes halogenated alkanes) is 7. The Morgan fingerprint density at radius 3 is 2.40 bits per heavy atom. The summed E-state index contributed by atoms with van der Waals surface area (Å²) in [5, 5.41) is 30.4. The molecule has 7 heteroatoms. The summed E-state index contributed by atoms with van der Waals surface area (Å²) in [4.78, 5) is 35.3. The van der Waals surface area contributed by atoms with Gasteiger partial charge in [-0.1, -0.05) is 51.5 Å². The van der Waals surface area contributed by atoms with Crippen molar-refractivity contribution in [3.05, 3.63) is 34.4 Å². The number of hydrogen-bond donors (Lipinski definition) is 3. The number of carbonyl (C=O) groups excluding carboxylic acids is 3. The average Bonchev–Trinajstić information content (AvgIpc) is 3.01. The molecular weight excluding hydrogens is 388 g/mol. The Balaban J connectivity index is 1.90. The van der Waals surface area contributed by atoms with Crippen LogP contribution in [0.15, 0.2) is 12.2 Å². The fourth-order valence-electron chi connectivity index (χ4n) is 3.62. The molecule has 0 aliphatic carbocycles. The Hall–Kier alpha value is -2.67. The quantitative estimate of drug-likeness (QED) is 0.189. The van der Waals surface area contributed by atoms with Gasteiger partial charge in [-0.05, 0) is 25.3 Å². The summed E-state index contributed by atoms with van der Waals surface area (Å²) in [5.41, 5.74) is -1.01. The molecule has 1 aromatic rings. The topological polar surface area (TPSA) is 121 Å². The zero-order chi connectivity index (χ0) is 22.1. The van der Waals surface area contributed by atoms with Crippen LogP contribution in [0.4, 0.5) is 0 Å². The van der Waals surface area contributed by atoms with Gasteiger partial charge in [0, 0.05) is 12.0 Å². The van der Waals surface area contributed by atoms with Crippen LogP contribution in [0.5, 0.6) is 11.5 Å². The van der Waals surface area contributed by atoms with Crippen LogP contribution in [0.2, 0.25) is 0 Å². The van der Waals surface area contributed by atoms with Crippen LogP contribution in [0.1, 0.15) is 103 Å². The lowest BCUT2D eigenvalue weighted by molar-refractivity contribution is -0.114. The van der Waals surface area contributed by atoms with Crippen molar-refractivity contribution in [2.24, 2.45) is 0 Å². The molecule has 0 radical (unpaired) electrons. The molecule has 0 unspecified atom stereocenters. The standard InChI is InChI=1S/C23H30O7/c1-2-3-4-5-6-7-8-9-10-11-15(25)12-13-16-20(26)17(14-24)18-19(21(16)27)23(29)30-22(18)28/h10-11,14,22,26-28H,2-9,12-13H2,1H3/t22-/m1/s1. The van der Waals surface area contributed by atoms with Crippen molar-refractivity contribution in [3.63, 3.8) is 0 Å². The average molecular weight is 418 g/mol. The van der Waals surface area contributed by atoms with E-state index in [1.54, 1.807) is 0 Å². The number of allylic oxidation sites excluding steroid dienone is 2. The maximum absolute atomic E-state index is 12.1. The third-order valence-corrected chi connectivity index (χ3v) is 5.31. The largest absolute Gasteiger partial charge is 0.507 e. The normalized spacial score (nSPS) is 15.4. The van der Waals surface area contributed by atoms with E-state index >= 15 is 0 Å². The van der Waals surface area contributed by atoms with Gasteiger partial charge in [-0.25, -0.2) is 4.79 Å². The molecule has 2 rings (SSSR count). The number of benzene rings is 1. The minimum atomic E-state index is -1.73. The third-order valence-electron chi connectivity index (χ3n) is 5.31. The van der Waals surface area contributed by atoms with E-state index in [4.69, 9.17) is 0 Å². The molecule has 1 aliphatic rings. The lowest BCUT2D eigenvalue weighted by Crippen LogP contribution is -2.04. The van der Waals surface area contributed by atoms with Crippen LogP contribution in [0.3, 0.4) is 0 Å². The minimum Gasteiger partial charge on any atom is -0.507 e. The molecule has 0 fully saturated rings. The Labute approximate surface area is 176 Å². The molecule has 0 saturated carbocycles. The maximum Gasteiger partial charge on any atom is 0.345 e. The van der Waals surface area contributed by atoms with Crippen molar-refractivity contribution in [1.29, 1.82) is 0 Å². The Morgan fingerprint density at radius 2 is 1.73 bits per heavy atom. The zero-order valence-electron chi connectivity index (χ0n) is 17.4. The first-order chi connectivity index (χ1) is 14.4. The first-order valence-electron chi connectivity index (χ1n) is 10.6. The molecule has 0 bridgehead atoms. The van der Waals surface area contributed by atoms with Crippen LogP contribution in [-0.4, -0.2) is 33.4 Å². The van der Waals surface area contributed by atoms with Gasteiger partial charge < -0.3 is 20.1 Å². The molecule has 30 heavy (non-hydrogen) atoms. The van der Waals surface area contributed by atoms with E-state index in [1.165, 1.54) is 38.2 Å². The molecule has 3 N–H and O–H groups in total. The fourth-order valence-corrected chi connectivity index (χ4v) is 3.62. The van der Waals surface area contributed by atoms with E-state index in [0.717, 1.165) is 19.3 Å². The van der Waals surface area contributed by atoms with Crippen molar-refractivity contribution < 1.29 is 34.4 Å². The molecule has 0 amide bonds. The highest BCUT2D eigenvalue weighted by molar-refractivity contribution is 6.02. The van der Waals surface area contributed by atoms with Gasteiger partial charge in [-0.3, -0.25) is 9.59 Å². The van der Waals surface area contributed by atoms with Gasteiger partial charge in [0.25, 0.3) is 0 Å². The smallest absolute Gasteiger partial charge is 0.345 e. The maximum atomic E-state index is 12.1. The fraction of sp³-hybridized carbons (Fsp3) is 0.522. The SMILES string of the molecule is CCCCCCCCCC=CC(=O)CCc1c(O)c(C=O)c2c(c1O)C(=O)O[C@H]2O. The Morgan fingerprint density at radius 1 is 1.07 bits per heavy atom. The minimum absolute atomic E-state index is 0.0106. The molecule has 1 aromatic carbocycles. The van der Waals surface area contributed by atoms with E-state index in [1.807, 2.05) is 6.08 Å². The molecule has 1 heterocycles. The summed E-state index contributed by atoms with van der Waals surface area (Å²) in [5.74, 6) is -2.30. The van der Waals surface area contributed by atoms with Crippen molar-refractivity contribution in [2.75, 3.05) is 0 Å². The molecule has 0 spiro atoms. The summed E-state index contributed by atoms with van der Waals surface area (Å²) in [6, 6.07) is 0. The summed E-state index contributed by atoms with van der Waals surface area (Å²) >= 11 is 0. The number of phenols is 2. The number of carbonyl (C=O) groups is 3. The van der Waals surface area contributed by atoms with E-state index in [-0.39, 0.29) is 47.2 Å². The van der Waals surface area contributed by atoms with Crippen LogP contribution >= 0.6 is 0 Å². The number of cyclic esters (lactones) is 1. The monoisotopic (exact) mass is 418 g/mol. The van der Waals surface area contributed by atoms with Gasteiger partial charge >= 0.3 is 5.97 Å². The molecule has 7 nitrogen and oxygen atoms in total. The number of ketones is 1. The summed E-state index contributed by atoms with van der Waals surface area (Å²) in [6.07, 6.45) is 11.0. The molecule has 1 atom stereocenters. The number of aldehydes is 1. The number of aliphatic hydroxyl groups is 1. The molecule has 0 saturated heterocycles. The van der Waals surface area contributed by atoms with Crippen molar-refractivity contribution >= 4 is 18.0 Å². The molecule has 1 aliphatic heterocycles. The van der Waals surface area contributed by atoms with E-state index < -0.39 is 23.8 Å². The van der Waals surface area contributed by atoms with Crippen LogP contribution in [0, 0.1) is 0 Å². The summed E-state index contributed by atoms with van der Waals surface area (Å²) in [6.45, 7) is 2.19. The van der Waals surface area contributed by atoms with Gasteiger partial charge in [-0.2, -0.15) is 0 Å². The van der Waals surface area contributed by atoms with Gasteiger partial charge in [0.2, 0.25) is 6.29 Å². The number of fused-ring (bicyclic) bond motifs is 1. The molecule has 164 valence electrons. The van der Waals surface area contributed by atoms with Crippen LogP contribution < -0.4 is 0 Å². The van der Waals surface area contributed by atoms with Crippen LogP contribution in [-0.2, 0) is 16.0 Å². The zero-order valence-corrected chi connectivity index (χ0v) is 17.4. The third kappa shape index (κ3) is 5.69. The summed E-state index contributed by atoms with van der Waals surface area (Å²) in [7, 11) is 0. The Bertz CT molecular complexity index is 811. The molecular formula is C23H30O7. The van der Waals surface area contributed by atoms with Gasteiger partial charge in [0.15, 0.2) is 12.1 Å².